The zero-order valence-corrected chi connectivity index (χ0v) is 11.4. The molecule has 20 heavy (non-hydrogen) atoms. The quantitative estimate of drug-likeness (QED) is 0.903. The second kappa shape index (κ2) is 5.59. The van der Waals surface area contributed by atoms with Gasteiger partial charge in [0.05, 0.1) is 5.69 Å². The first-order chi connectivity index (χ1) is 9.70. The number of aromatic nitrogens is 1. The van der Waals surface area contributed by atoms with E-state index >= 15 is 0 Å². The SMILES string of the molecule is Cc1cc(F)ccc1Oc1ccnc(CNC2CC2)c1. The molecule has 0 saturated heterocycles. The molecule has 0 unspecified atom stereocenters. The van der Waals surface area contributed by atoms with Gasteiger partial charge < -0.3 is 10.1 Å². The standard InChI is InChI=1S/C16H17FN2O/c1-11-8-12(17)2-5-16(11)20-15-6-7-18-14(9-15)10-19-13-3-4-13/h2,5-9,13,19H,3-4,10H2,1H3. The van der Waals surface area contributed by atoms with Crippen LogP contribution in [0.3, 0.4) is 0 Å². The molecule has 0 atom stereocenters. The fraction of sp³-hybridized carbons (Fsp3) is 0.312. The monoisotopic (exact) mass is 272 g/mol. The molecule has 0 bridgehead atoms. The summed E-state index contributed by atoms with van der Waals surface area (Å²) in [5, 5.41) is 3.42. The van der Waals surface area contributed by atoms with Crippen LogP contribution in [-0.2, 0) is 6.54 Å². The zero-order chi connectivity index (χ0) is 13.9. The third kappa shape index (κ3) is 3.33. The Balaban J connectivity index is 1.70. The van der Waals surface area contributed by atoms with Crippen molar-refractivity contribution in [2.75, 3.05) is 0 Å². The summed E-state index contributed by atoms with van der Waals surface area (Å²) in [5.41, 5.74) is 1.73. The molecule has 1 saturated carbocycles. The number of hydrogen-bond donors (Lipinski definition) is 1. The molecular weight excluding hydrogens is 255 g/mol. The van der Waals surface area contributed by atoms with Crippen LogP contribution in [0.15, 0.2) is 36.5 Å². The van der Waals surface area contributed by atoms with E-state index < -0.39 is 0 Å². The Morgan fingerprint density at radius 1 is 1.30 bits per heavy atom. The number of benzene rings is 1. The van der Waals surface area contributed by atoms with Gasteiger partial charge in [-0.25, -0.2) is 4.39 Å². The van der Waals surface area contributed by atoms with Gasteiger partial charge in [-0.15, -0.1) is 0 Å². The number of halogens is 1. The minimum Gasteiger partial charge on any atom is -0.457 e. The molecular formula is C16H17FN2O. The number of nitrogens with zero attached hydrogens (tertiary/aromatic N) is 1. The average Bonchev–Trinajstić information content (AvgIpc) is 3.24. The largest absolute Gasteiger partial charge is 0.457 e. The number of rotatable bonds is 5. The molecule has 1 heterocycles. The Labute approximate surface area is 117 Å². The van der Waals surface area contributed by atoms with Crippen LogP contribution in [0, 0.1) is 12.7 Å². The van der Waals surface area contributed by atoms with E-state index in [9.17, 15) is 4.39 Å². The molecule has 2 aromatic rings. The highest BCUT2D eigenvalue weighted by atomic mass is 19.1. The van der Waals surface area contributed by atoms with Crippen molar-refractivity contribution >= 4 is 0 Å². The molecule has 1 aliphatic carbocycles. The summed E-state index contributed by atoms with van der Waals surface area (Å²) in [6.45, 7) is 2.58. The van der Waals surface area contributed by atoms with Crippen molar-refractivity contribution < 1.29 is 9.13 Å². The Bertz CT molecular complexity index is 611. The van der Waals surface area contributed by atoms with E-state index in [0.29, 0.717) is 11.8 Å². The van der Waals surface area contributed by atoms with Gasteiger partial charge in [-0.1, -0.05) is 0 Å². The number of hydrogen-bond acceptors (Lipinski definition) is 3. The predicted octanol–water partition coefficient (Wildman–Crippen LogP) is 3.57. The first-order valence-corrected chi connectivity index (χ1v) is 6.83. The summed E-state index contributed by atoms with van der Waals surface area (Å²) in [4.78, 5) is 4.31. The van der Waals surface area contributed by atoms with E-state index in [1.807, 2.05) is 19.1 Å². The Kier molecular flexibility index (Phi) is 3.65. The van der Waals surface area contributed by atoms with Crippen LogP contribution in [0.1, 0.15) is 24.1 Å². The fourth-order valence-corrected chi connectivity index (χ4v) is 2.01. The van der Waals surface area contributed by atoms with Crippen molar-refractivity contribution in [2.24, 2.45) is 0 Å². The molecule has 3 rings (SSSR count). The van der Waals surface area contributed by atoms with Gasteiger partial charge in [0.1, 0.15) is 17.3 Å². The first kappa shape index (κ1) is 13.1. The summed E-state index contributed by atoms with van der Waals surface area (Å²) in [7, 11) is 0. The van der Waals surface area contributed by atoms with Gasteiger partial charge >= 0.3 is 0 Å². The minimum atomic E-state index is -0.251. The van der Waals surface area contributed by atoms with Gasteiger partial charge in [0.15, 0.2) is 0 Å². The number of ether oxygens (including phenoxy) is 1. The molecule has 1 aromatic heterocycles. The lowest BCUT2D eigenvalue weighted by molar-refractivity contribution is 0.474. The van der Waals surface area contributed by atoms with E-state index in [1.165, 1.54) is 25.0 Å². The van der Waals surface area contributed by atoms with E-state index in [4.69, 9.17) is 4.74 Å². The maximum Gasteiger partial charge on any atom is 0.130 e. The predicted molar refractivity (Wildman–Crippen MR) is 75.3 cm³/mol. The zero-order valence-electron chi connectivity index (χ0n) is 11.4. The van der Waals surface area contributed by atoms with Crippen molar-refractivity contribution in [3.05, 3.63) is 53.6 Å². The molecule has 1 N–H and O–H groups in total. The van der Waals surface area contributed by atoms with Crippen LogP contribution < -0.4 is 10.1 Å². The van der Waals surface area contributed by atoms with Crippen LogP contribution in [0.2, 0.25) is 0 Å². The highest BCUT2D eigenvalue weighted by Gasteiger charge is 2.20. The fourth-order valence-electron chi connectivity index (χ4n) is 2.01. The van der Waals surface area contributed by atoms with Gasteiger partial charge in [0, 0.05) is 24.8 Å². The van der Waals surface area contributed by atoms with Crippen molar-refractivity contribution in [1.82, 2.24) is 10.3 Å². The van der Waals surface area contributed by atoms with E-state index in [2.05, 4.69) is 10.3 Å². The van der Waals surface area contributed by atoms with Crippen LogP contribution in [0.25, 0.3) is 0 Å². The van der Waals surface area contributed by atoms with Crippen LogP contribution >= 0.6 is 0 Å². The first-order valence-electron chi connectivity index (χ1n) is 6.83. The molecule has 0 spiro atoms. The summed E-state index contributed by atoms with van der Waals surface area (Å²) in [6.07, 6.45) is 4.24. The Morgan fingerprint density at radius 2 is 2.15 bits per heavy atom. The lowest BCUT2D eigenvalue weighted by Gasteiger charge is -2.10. The third-order valence-electron chi connectivity index (χ3n) is 3.30. The Morgan fingerprint density at radius 3 is 2.90 bits per heavy atom. The topological polar surface area (TPSA) is 34.1 Å². The second-order valence-corrected chi connectivity index (χ2v) is 5.15. The van der Waals surface area contributed by atoms with Gasteiger partial charge in [-0.05, 0) is 49.6 Å². The van der Waals surface area contributed by atoms with Crippen LogP contribution in [0.5, 0.6) is 11.5 Å². The summed E-state index contributed by atoms with van der Waals surface area (Å²) in [6, 6.07) is 8.89. The van der Waals surface area contributed by atoms with Gasteiger partial charge in [0.25, 0.3) is 0 Å². The van der Waals surface area contributed by atoms with Crippen molar-refractivity contribution in [2.45, 2.75) is 32.4 Å². The maximum absolute atomic E-state index is 13.1. The summed E-state index contributed by atoms with van der Waals surface area (Å²) >= 11 is 0. The lowest BCUT2D eigenvalue weighted by atomic mass is 10.2. The highest BCUT2D eigenvalue weighted by molar-refractivity contribution is 5.37. The van der Waals surface area contributed by atoms with Crippen molar-refractivity contribution in [1.29, 1.82) is 0 Å². The molecule has 3 nitrogen and oxygen atoms in total. The minimum absolute atomic E-state index is 0.251. The van der Waals surface area contributed by atoms with E-state index in [0.717, 1.165) is 23.6 Å². The smallest absolute Gasteiger partial charge is 0.130 e. The molecule has 4 heteroatoms. The summed E-state index contributed by atoms with van der Waals surface area (Å²) < 4.78 is 18.9. The number of aryl methyl sites for hydroxylation is 1. The molecule has 0 aliphatic heterocycles. The van der Waals surface area contributed by atoms with Crippen molar-refractivity contribution in [3.8, 4) is 11.5 Å². The average molecular weight is 272 g/mol. The molecule has 1 aromatic carbocycles. The van der Waals surface area contributed by atoms with E-state index in [-0.39, 0.29) is 5.82 Å². The van der Waals surface area contributed by atoms with Gasteiger partial charge in [-0.3, -0.25) is 4.98 Å². The molecule has 104 valence electrons. The third-order valence-corrected chi connectivity index (χ3v) is 3.30. The van der Waals surface area contributed by atoms with Crippen molar-refractivity contribution in [3.63, 3.8) is 0 Å². The maximum atomic E-state index is 13.1. The number of pyridine rings is 1. The molecule has 0 amide bonds. The van der Waals surface area contributed by atoms with Gasteiger partial charge in [0.2, 0.25) is 0 Å². The van der Waals surface area contributed by atoms with E-state index in [1.54, 1.807) is 12.3 Å². The molecule has 1 aliphatic rings. The Hall–Kier alpha value is -1.94. The second-order valence-electron chi connectivity index (χ2n) is 5.15. The van der Waals surface area contributed by atoms with Crippen LogP contribution in [0.4, 0.5) is 4.39 Å². The lowest BCUT2D eigenvalue weighted by Crippen LogP contribution is -2.16. The normalized spacial score (nSPS) is 14.3. The highest BCUT2D eigenvalue weighted by Crippen LogP contribution is 2.26. The number of nitrogens with one attached hydrogen (secondary N) is 1. The molecule has 1 fully saturated rings. The van der Waals surface area contributed by atoms with Gasteiger partial charge in [-0.2, -0.15) is 0 Å². The summed E-state index contributed by atoms with van der Waals surface area (Å²) in [5.74, 6) is 1.14. The van der Waals surface area contributed by atoms with Crippen LogP contribution in [-0.4, -0.2) is 11.0 Å². The molecule has 0 radical (unpaired) electrons.